The van der Waals surface area contributed by atoms with Crippen LogP contribution in [0, 0.1) is 0 Å². The predicted octanol–water partition coefficient (Wildman–Crippen LogP) is -0.990. The molecule has 1 unspecified atom stereocenters. The molecule has 0 aliphatic heterocycles. The van der Waals surface area contributed by atoms with Gasteiger partial charge in [-0.1, -0.05) is 0 Å². The Labute approximate surface area is 74.0 Å². The molecule has 4 heteroatoms. The summed E-state index contributed by atoms with van der Waals surface area (Å²) < 4.78 is 0. The summed E-state index contributed by atoms with van der Waals surface area (Å²) in [4.78, 5) is 2.08. The predicted molar refractivity (Wildman–Crippen MR) is 48.9 cm³/mol. The molecule has 0 rings (SSSR count). The Morgan fingerprint density at radius 1 is 1.25 bits per heavy atom. The molecule has 0 spiro atoms. The largest absolute Gasteiger partial charge is 0.396 e. The Hall–Kier alpha value is -0.160. The van der Waals surface area contributed by atoms with Crippen LogP contribution in [0.15, 0.2) is 0 Å². The van der Waals surface area contributed by atoms with Crippen LogP contribution in [-0.4, -0.2) is 54.0 Å². The molecule has 74 valence electrons. The van der Waals surface area contributed by atoms with E-state index in [2.05, 4.69) is 4.90 Å². The van der Waals surface area contributed by atoms with Gasteiger partial charge in [-0.05, 0) is 13.3 Å². The third-order valence-corrected chi connectivity index (χ3v) is 1.96. The maximum absolute atomic E-state index is 8.74. The summed E-state index contributed by atoms with van der Waals surface area (Å²) in [6, 6.07) is 0.281. The summed E-state index contributed by atoms with van der Waals surface area (Å²) in [7, 11) is 0. The van der Waals surface area contributed by atoms with Crippen molar-refractivity contribution in [2.24, 2.45) is 5.73 Å². The van der Waals surface area contributed by atoms with E-state index in [0.717, 1.165) is 13.0 Å². The van der Waals surface area contributed by atoms with Crippen molar-refractivity contribution < 1.29 is 10.2 Å². The van der Waals surface area contributed by atoms with Gasteiger partial charge in [-0.15, -0.1) is 0 Å². The van der Waals surface area contributed by atoms with E-state index in [0.29, 0.717) is 13.1 Å². The van der Waals surface area contributed by atoms with Crippen LogP contribution in [0.25, 0.3) is 0 Å². The molecule has 0 aliphatic carbocycles. The molecular formula is C8H20N2O2. The van der Waals surface area contributed by atoms with Gasteiger partial charge in [0.25, 0.3) is 0 Å². The van der Waals surface area contributed by atoms with Crippen molar-refractivity contribution in [3.63, 3.8) is 0 Å². The molecular weight excluding hydrogens is 156 g/mol. The topological polar surface area (TPSA) is 69.7 Å². The average molecular weight is 176 g/mol. The Morgan fingerprint density at radius 2 is 1.92 bits per heavy atom. The third kappa shape index (κ3) is 4.66. The molecule has 0 saturated heterocycles. The number of hydrogen-bond acceptors (Lipinski definition) is 4. The van der Waals surface area contributed by atoms with Gasteiger partial charge in [0, 0.05) is 32.3 Å². The van der Waals surface area contributed by atoms with E-state index < -0.39 is 0 Å². The molecule has 4 N–H and O–H groups in total. The highest BCUT2D eigenvalue weighted by Gasteiger charge is 2.10. The Morgan fingerprint density at radius 3 is 2.33 bits per heavy atom. The van der Waals surface area contributed by atoms with E-state index in [1.807, 2.05) is 6.92 Å². The second-order valence-corrected chi connectivity index (χ2v) is 2.92. The lowest BCUT2D eigenvalue weighted by atomic mass is 10.2. The molecule has 4 nitrogen and oxygen atoms in total. The number of nitrogens with two attached hydrogens (primary N) is 1. The van der Waals surface area contributed by atoms with Gasteiger partial charge in [0.05, 0.1) is 6.61 Å². The van der Waals surface area contributed by atoms with E-state index in [4.69, 9.17) is 15.9 Å². The van der Waals surface area contributed by atoms with Crippen molar-refractivity contribution >= 4 is 0 Å². The first-order valence-electron chi connectivity index (χ1n) is 4.42. The van der Waals surface area contributed by atoms with Gasteiger partial charge in [0.15, 0.2) is 0 Å². The fourth-order valence-corrected chi connectivity index (χ4v) is 1.10. The second kappa shape index (κ2) is 7.49. The van der Waals surface area contributed by atoms with Crippen LogP contribution in [0.3, 0.4) is 0 Å². The highest BCUT2D eigenvalue weighted by molar-refractivity contribution is 4.67. The van der Waals surface area contributed by atoms with Gasteiger partial charge in [0.2, 0.25) is 0 Å². The van der Waals surface area contributed by atoms with Gasteiger partial charge in [-0.25, -0.2) is 0 Å². The first-order chi connectivity index (χ1) is 5.76. The molecule has 0 aromatic heterocycles. The third-order valence-electron chi connectivity index (χ3n) is 1.96. The molecule has 0 radical (unpaired) electrons. The Bertz CT molecular complexity index is 101. The molecule has 0 amide bonds. The summed E-state index contributed by atoms with van der Waals surface area (Å²) in [5.74, 6) is 0. The van der Waals surface area contributed by atoms with Crippen molar-refractivity contribution in [2.45, 2.75) is 19.4 Å². The van der Waals surface area contributed by atoms with Gasteiger partial charge in [-0.3, -0.25) is 4.90 Å². The highest BCUT2D eigenvalue weighted by atomic mass is 16.3. The minimum Gasteiger partial charge on any atom is -0.396 e. The van der Waals surface area contributed by atoms with Gasteiger partial charge < -0.3 is 15.9 Å². The Balaban J connectivity index is 3.68. The number of aliphatic hydroxyl groups excluding tert-OH is 2. The smallest absolute Gasteiger partial charge is 0.0558 e. The molecule has 0 fully saturated rings. The van der Waals surface area contributed by atoms with E-state index in [1.165, 1.54) is 0 Å². The van der Waals surface area contributed by atoms with E-state index >= 15 is 0 Å². The summed E-state index contributed by atoms with van der Waals surface area (Å²) in [6.45, 7) is 4.39. The van der Waals surface area contributed by atoms with Crippen molar-refractivity contribution in [2.75, 3.05) is 32.8 Å². The molecule has 0 aliphatic rings. The van der Waals surface area contributed by atoms with Crippen LogP contribution >= 0.6 is 0 Å². The first kappa shape index (κ1) is 11.8. The van der Waals surface area contributed by atoms with Gasteiger partial charge in [-0.2, -0.15) is 0 Å². The van der Waals surface area contributed by atoms with Crippen LogP contribution in [0.4, 0.5) is 0 Å². The number of nitrogens with zero attached hydrogens (tertiary/aromatic N) is 1. The maximum Gasteiger partial charge on any atom is 0.0558 e. The monoisotopic (exact) mass is 176 g/mol. The number of aliphatic hydroxyl groups is 2. The van der Waals surface area contributed by atoms with Crippen LogP contribution in [0.1, 0.15) is 13.3 Å². The van der Waals surface area contributed by atoms with Crippen molar-refractivity contribution in [3.05, 3.63) is 0 Å². The molecule has 0 aromatic rings. The zero-order valence-corrected chi connectivity index (χ0v) is 7.74. The summed E-state index contributed by atoms with van der Waals surface area (Å²) in [6.07, 6.45) is 0.740. The first-order valence-corrected chi connectivity index (χ1v) is 4.42. The Kier molecular flexibility index (Phi) is 7.39. The summed E-state index contributed by atoms with van der Waals surface area (Å²) in [5.41, 5.74) is 5.49. The maximum atomic E-state index is 8.74. The fourth-order valence-electron chi connectivity index (χ4n) is 1.10. The van der Waals surface area contributed by atoms with Crippen LogP contribution < -0.4 is 5.73 Å². The molecule has 0 saturated carbocycles. The zero-order valence-electron chi connectivity index (χ0n) is 7.74. The van der Waals surface area contributed by atoms with Gasteiger partial charge in [0.1, 0.15) is 0 Å². The zero-order chi connectivity index (χ0) is 9.40. The lowest BCUT2D eigenvalue weighted by Gasteiger charge is -2.26. The van der Waals surface area contributed by atoms with E-state index in [-0.39, 0.29) is 19.3 Å². The minimum absolute atomic E-state index is 0.149. The van der Waals surface area contributed by atoms with Crippen LogP contribution in [0.2, 0.25) is 0 Å². The SMILES string of the molecule is CC(CN)N(CCO)CCCO. The van der Waals surface area contributed by atoms with Crippen LogP contribution in [0.5, 0.6) is 0 Å². The number of hydrogen-bond donors (Lipinski definition) is 3. The van der Waals surface area contributed by atoms with Crippen molar-refractivity contribution in [1.29, 1.82) is 0 Å². The quantitative estimate of drug-likeness (QED) is 0.466. The van der Waals surface area contributed by atoms with Crippen molar-refractivity contribution in [3.8, 4) is 0 Å². The van der Waals surface area contributed by atoms with Crippen molar-refractivity contribution in [1.82, 2.24) is 4.90 Å². The molecule has 0 bridgehead atoms. The second-order valence-electron chi connectivity index (χ2n) is 2.92. The fraction of sp³-hybridized carbons (Fsp3) is 1.00. The molecule has 0 aromatic carbocycles. The van der Waals surface area contributed by atoms with Gasteiger partial charge >= 0.3 is 0 Å². The molecule has 1 atom stereocenters. The van der Waals surface area contributed by atoms with E-state index in [9.17, 15) is 0 Å². The number of rotatable bonds is 7. The van der Waals surface area contributed by atoms with E-state index in [1.54, 1.807) is 0 Å². The summed E-state index contributed by atoms with van der Waals surface area (Å²) >= 11 is 0. The molecule has 0 heterocycles. The standard InChI is InChI=1S/C8H20N2O2/c1-8(7-9)10(4-6-12)3-2-5-11/h8,11-12H,2-7,9H2,1H3. The molecule has 12 heavy (non-hydrogen) atoms. The average Bonchev–Trinajstić information content (AvgIpc) is 2.11. The lowest BCUT2D eigenvalue weighted by Crippen LogP contribution is -2.40. The lowest BCUT2D eigenvalue weighted by molar-refractivity contribution is 0.148. The minimum atomic E-state index is 0.149. The summed E-state index contributed by atoms with van der Waals surface area (Å²) in [5, 5.41) is 17.4. The highest BCUT2D eigenvalue weighted by Crippen LogP contribution is 1.97. The van der Waals surface area contributed by atoms with Crippen LogP contribution in [-0.2, 0) is 0 Å². The normalized spacial score (nSPS) is 13.8.